The minimum Gasteiger partial charge on any atom is -0.364 e. The van der Waals surface area contributed by atoms with Gasteiger partial charge in [-0.3, -0.25) is 4.79 Å². The van der Waals surface area contributed by atoms with Gasteiger partial charge >= 0.3 is 0 Å². The van der Waals surface area contributed by atoms with Gasteiger partial charge in [0.05, 0.1) is 0 Å². The summed E-state index contributed by atoms with van der Waals surface area (Å²) in [6, 6.07) is 6.43. The van der Waals surface area contributed by atoms with Crippen molar-refractivity contribution in [3.8, 4) is 10.6 Å². The number of carbonyl (C=O) groups is 1. The number of aryl methyl sites for hydroxylation is 2. The first-order valence-corrected chi connectivity index (χ1v) is 6.49. The minimum absolute atomic E-state index is 0.352. The van der Waals surface area contributed by atoms with Crippen LogP contribution in [0.5, 0.6) is 0 Å². The second-order valence-corrected chi connectivity index (χ2v) is 5.10. The zero-order valence-electron chi connectivity index (χ0n) is 9.27. The van der Waals surface area contributed by atoms with Crippen LogP contribution < -0.4 is 5.73 Å². The molecule has 86 valence electrons. The molecule has 1 aromatic heterocycles. The molecule has 3 nitrogen and oxygen atoms in total. The summed E-state index contributed by atoms with van der Waals surface area (Å²) in [6.45, 7) is 0. The molecule has 4 heteroatoms. The first-order chi connectivity index (χ1) is 8.24. The topological polar surface area (TPSA) is 56.0 Å². The fourth-order valence-corrected chi connectivity index (χ4v) is 3.03. The van der Waals surface area contributed by atoms with E-state index in [0.29, 0.717) is 5.69 Å². The van der Waals surface area contributed by atoms with Crippen LogP contribution in [0.1, 0.15) is 28.0 Å². The number of carbonyl (C=O) groups excluding carboxylic acids is 1. The van der Waals surface area contributed by atoms with Crippen LogP contribution in [0, 0.1) is 0 Å². The number of hydrogen-bond acceptors (Lipinski definition) is 3. The Hall–Kier alpha value is -1.68. The van der Waals surface area contributed by atoms with Crippen molar-refractivity contribution in [2.45, 2.75) is 19.3 Å². The van der Waals surface area contributed by atoms with Crippen molar-refractivity contribution in [1.82, 2.24) is 4.98 Å². The number of aromatic nitrogens is 1. The highest BCUT2D eigenvalue weighted by Gasteiger charge is 2.13. The Morgan fingerprint density at radius 1 is 1.29 bits per heavy atom. The average molecular weight is 244 g/mol. The molecule has 0 bridgehead atoms. The third-order valence-electron chi connectivity index (χ3n) is 3.10. The summed E-state index contributed by atoms with van der Waals surface area (Å²) >= 11 is 1.46. The highest BCUT2D eigenvalue weighted by Crippen LogP contribution is 2.29. The summed E-state index contributed by atoms with van der Waals surface area (Å²) in [5.41, 5.74) is 9.50. The quantitative estimate of drug-likeness (QED) is 0.881. The molecule has 0 radical (unpaired) electrons. The molecular formula is C13H12N2OS. The van der Waals surface area contributed by atoms with E-state index < -0.39 is 5.91 Å². The Balaban J connectivity index is 2.00. The Morgan fingerprint density at radius 2 is 2.12 bits per heavy atom. The first-order valence-electron chi connectivity index (χ1n) is 5.61. The molecule has 2 N–H and O–H groups in total. The number of nitrogens with two attached hydrogens (primary N) is 1. The molecule has 0 atom stereocenters. The molecule has 0 saturated carbocycles. The van der Waals surface area contributed by atoms with Crippen LogP contribution in [-0.2, 0) is 12.8 Å². The normalized spacial score (nSPS) is 13.6. The average Bonchev–Trinajstić information content (AvgIpc) is 2.97. The van der Waals surface area contributed by atoms with E-state index in [9.17, 15) is 4.79 Å². The van der Waals surface area contributed by atoms with Crippen molar-refractivity contribution in [1.29, 1.82) is 0 Å². The van der Waals surface area contributed by atoms with Gasteiger partial charge in [0.2, 0.25) is 0 Å². The van der Waals surface area contributed by atoms with Crippen molar-refractivity contribution >= 4 is 17.2 Å². The predicted molar refractivity (Wildman–Crippen MR) is 68.1 cm³/mol. The van der Waals surface area contributed by atoms with Crippen LogP contribution in [0.15, 0.2) is 23.6 Å². The number of benzene rings is 1. The van der Waals surface area contributed by atoms with Crippen molar-refractivity contribution in [3.05, 3.63) is 40.4 Å². The van der Waals surface area contributed by atoms with Gasteiger partial charge in [-0.25, -0.2) is 4.98 Å². The van der Waals surface area contributed by atoms with Crippen LogP contribution in [0.2, 0.25) is 0 Å². The Labute approximate surface area is 103 Å². The number of thiazole rings is 1. The lowest BCUT2D eigenvalue weighted by atomic mass is 10.1. The van der Waals surface area contributed by atoms with Crippen LogP contribution in [0.3, 0.4) is 0 Å². The molecule has 1 heterocycles. The van der Waals surface area contributed by atoms with Crippen LogP contribution in [-0.4, -0.2) is 10.9 Å². The standard InChI is InChI=1S/C13H12N2OS/c14-12(16)11-7-17-13(15-11)10-5-4-8-2-1-3-9(8)6-10/h4-7H,1-3H2,(H2,14,16). The smallest absolute Gasteiger partial charge is 0.268 e. The molecule has 17 heavy (non-hydrogen) atoms. The number of primary amides is 1. The summed E-state index contributed by atoms with van der Waals surface area (Å²) < 4.78 is 0. The monoisotopic (exact) mass is 244 g/mol. The number of fused-ring (bicyclic) bond motifs is 1. The molecular weight excluding hydrogens is 232 g/mol. The van der Waals surface area contributed by atoms with Gasteiger partial charge in [-0.15, -0.1) is 11.3 Å². The third-order valence-corrected chi connectivity index (χ3v) is 3.99. The van der Waals surface area contributed by atoms with Crippen molar-refractivity contribution in [2.75, 3.05) is 0 Å². The Bertz CT molecular complexity index is 589. The lowest BCUT2D eigenvalue weighted by molar-refractivity contribution is 0.0996. The maximum atomic E-state index is 11.0. The lowest BCUT2D eigenvalue weighted by Gasteiger charge is -2.01. The maximum Gasteiger partial charge on any atom is 0.268 e. The van der Waals surface area contributed by atoms with E-state index in [4.69, 9.17) is 5.73 Å². The highest BCUT2D eigenvalue weighted by molar-refractivity contribution is 7.13. The Morgan fingerprint density at radius 3 is 2.88 bits per heavy atom. The number of hydrogen-bond donors (Lipinski definition) is 1. The number of nitrogens with zero attached hydrogens (tertiary/aromatic N) is 1. The van der Waals surface area contributed by atoms with Gasteiger partial charge in [0.25, 0.3) is 5.91 Å². The maximum absolute atomic E-state index is 11.0. The van der Waals surface area contributed by atoms with Crippen molar-refractivity contribution in [2.24, 2.45) is 5.73 Å². The van der Waals surface area contributed by atoms with Crippen LogP contribution >= 0.6 is 11.3 Å². The largest absolute Gasteiger partial charge is 0.364 e. The summed E-state index contributed by atoms with van der Waals surface area (Å²) in [5, 5.41) is 2.58. The zero-order chi connectivity index (χ0) is 11.8. The lowest BCUT2D eigenvalue weighted by Crippen LogP contribution is -2.10. The summed E-state index contributed by atoms with van der Waals surface area (Å²) in [5.74, 6) is -0.464. The van der Waals surface area contributed by atoms with Gasteiger partial charge in [-0.1, -0.05) is 12.1 Å². The highest BCUT2D eigenvalue weighted by atomic mass is 32.1. The van der Waals surface area contributed by atoms with Gasteiger partial charge in [0.15, 0.2) is 0 Å². The molecule has 0 spiro atoms. The summed E-state index contributed by atoms with van der Waals surface area (Å²) in [6.07, 6.45) is 3.57. The molecule has 0 unspecified atom stereocenters. The molecule has 1 aliphatic carbocycles. The van der Waals surface area contributed by atoms with Gasteiger partial charge in [0, 0.05) is 10.9 Å². The van der Waals surface area contributed by atoms with E-state index in [1.165, 1.54) is 35.3 Å². The molecule has 1 amide bonds. The van der Waals surface area contributed by atoms with E-state index in [0.717, 1.165) is 17.0 Å². The van der Waals surface area contributed by atoms with E-state index >= 15 is 0 Å². The first kappa shape index (κ1) is 10.5. The van der Waals surface area contributed by atoms with Gasteiger partial charge in [-0.2, -0.15) is 0 Å². The van der Waals surface area contributed by atoms with E-state index in [1.807, 2.05) is 0 Å². The fourth-order valence-electron chi connectivity index (χ4n) is 2.22. The molecule has 1 aliphatic rings. The predicted octanol–water partition coefficient (Wildman–Crippen LogP) is 2.40. The van der Waals surface area contributed by atoms with E-state index in [1.54, 1.807) is 5.38 Å². The van der Waals surface area contributed by atoms with Crippen LogP contribution in [0.4, 0.5) is 0 Å². The minimum atomic E-state index is -0.464. The molecule has 0 saturated heterocycles. The molecule has 0 fully saturated rings. The van der Waals surface area contributed by atoms with Gasteiger partial charge < -0.3 is 5.73 Å². The molecule has 2 aromatic rings. The molecule has 0 aliphatic heterocycles. The SMILES string of the molecule is NC(=O)c1csc(-c2ccc3c(c2)CCC3)n1. The van der Waals surface area contributed by atoms with Crippen LogP contribution in [0.25, 0.3) is 10.6 Å². The van der Waals surface area contributed by atoms with E-state index in [2.05, 4.69) is 23.2 Å². The Kier molecular flexibility index (Phi) is 2.44. The van der Waals surface area contributed by atoms with Gasteiger partial charge in [0.1, 0.15) is 10.7 Å². The number of rotatable bonds is 2. The molecule has 1 aromatic carbocycles. The number of amides is 1. The second-order valence-electron chi connectivity index (χ2n) is 4.24. The third kappa shape index (κ3) is 1.85. The van der Waals surface area contributed by atoms with Gasteiger partial charge in [-0.05, 0) is 36.5 Å². The summed E-state index contributed by atoms with van der Waals surface area (Å²) in [7, 11) is 0. The summed E-state index contributed by atoms with van der Waals surface area (Å²) in [4.78, 5) is 15.2. The van der Waals surface area contributed by atoms with Crippen molar-refractivity contribution < 1.29 is 4.79 Å². The second kappa shape index (κ2) is 3.96. The van der Waals surface area contributed by atoms with E-state index in [-0.39, 0.29) is 0 Å². The van der Waals surface area contributed by atoms with Crippen molar-refractivity contribution in [3.63, 3.8) is 0 Å². The fraction of sp³-hybridized carbons (Fsp3) is 0.231. The molecule has 3 rings (SSSR count). The zero-order valence-corrected chi connectivity index (χ0v) is 10.1.